The molecule has 0 aromatic carbocycles. The van der Waals surface area contributed by atoms with Gasteiger partial charge >= 0.3 is 0 Å². The second kappa shape index (κ2) is 6.43. The molecular formula is C10H16N2. The molecule has 2 N–H and O–H groups in total. The summed E-state index contributed by atoms with van der Waals surface area (Å²) in [5, 5.41) is 5.88. The van der Waals surface area contributed by atoms with Crippen LogP contribution in [0, 0.1) is 23.9 Å². The fourth-order valence-electron chi connectivity index (χ4n) is 0.423. The summed E-state index contributed by atoms with van der Waals surface area (Å²) in [6.07, 6.45) is 0. The lowest BCUT2D eigenvalue weighted by Gasteiger charge is -1.98. The fourth-order valence-corrected chi connectivity index (χ4v) is 0.423. The van der Waals surface area contributed by atoms with Crippen LogP contribution in [0.3, 0.4) is 0 Å². The quantitative estimate of drug-likeness (QED) is 0.468. The summed E-state index contributed by atoms with van der Waals surface area (Å²) in [7, 11) is 0. The topological polar surface area (TPSA) is 24.1 Å². The van der Waals surface area contributed by atoms with Gasteiger partial charge in [0, 0.05) is 36.0 Å². The maximum absolute atomic E-state index is 2.94. The molecule has 0 aromatic heterocycles. The average Bonchev–Trinajstić information content (AvgIpc) is 1.95. The van der Waals surface area contributed by atoms with Gasteiger partial charge in [0.25, 0.3) is 0 Å². The van der Waals surface area contributed by atoms with Crippen molar-refractivity contribution in [3.05, 3.63) is 0 Å². The number of rotatable bonds is 2. The molecule has 0 amide bonds. The summed E-state index contributed by atoms with van der Waals surface area (Å²) in [6, 6.07) is 6.26. The molecule has 0 aromatic rings. The minimum atomic E-state index is 0.386. The summed E-state index contributed by atoms with van der Waals surface area (Å²) in [5.41, 5.74) is 0. The Labute approximate surface area is 75.1 Å². The van der Waals surface area contributed by atoms with Crippen LogP contribution in [-0.4, -0.2) is 12.1 Å². The summed E-state index contributed by atoms with van der Waals surface area (Å²) in [6.45, 7) is 8.14. The van der Waals surface area contributed by atoms with Gasteiger partial charge in [0.2, 0.25) is 0 Å². The molecule has 0 heterocycles. The maximum Gasteiger partial charge on any atom is 0.0284 e. The van der Waals surface area contributed by atoms with Gasteiger partial charge < -0.3 is 10.6 Å². The van der Waals surface area contributed by atoms with Crippen LogP contribution in [0.25, 0.3) is 0 Å². The summed E-state index contributed by atoms with van der Waals surface area (Å²) >= 11 is 0. The second-order valence-electron chi connectivity index (χ2n) is 3.10. The zero-order valence-corrected chi connectivity index (χ0v) is 8.15. The van der Waals surface area contributed by atoms with Crippen molar-refractivity contribution in [2.24, 2.45) is 0 Å². The molecule has 0 unspecified atom stereocenters. The van der Waals surface area contributed by atoms with Crippen LogP contribution in [0.15, 0.2) is 0 Å². The van der Waals surface area contributed by atoms with E-state index in [1.165, 1.54) is 0 Å². The van der Waals surface area contributed by atoms with Crippen molar-refractivity contribution >= 4 is 0 Å². The monoisotopic (exact) mass is 164 g/mol. The number of hydrogen-bond donors (Lipinski definition) is 2. The van der Waals surface area contributed by atoms with E-state index in [0.717, 1.165) is 0 Å². The minimum Gasteiger partial charge on any atom is -0.343 e. The van der Waals surface area contributed by atoms with Gasteiger partial charge in [-0.05, 0) is 27.7 Å². The van der Waals surface area contributed by atoms with Gasteiger partial charge in [0.15, 0.2) is 0 Å². The standard InChI is InChI=1S/C10H16N2/c1-9(2)11-7-5-6-8-12-10(3)4/h9-12H,1-4H3. The predicted molar refractivity (Wildman–Crippen MR) is 52.1 cm³/mol. The Kier molecular flexibility index (Phi) is 5.75. The van der Waals surface area contributed by atoms with E-state index in [4.69, 9.17) is 0 Å². The Balaban J connectivity index is 3.59. The molecule has 0 rings (SSSR count). The fraction of sp³-hybridized carbons (Fsp3) is 0.600. The molecule has 0 bridgehead atoms. The number of hydrogen-bond acceptors (Lipinski definition) is 2. The van der Waals surface area contributed by atoms with E-state index in [-0.39, 0.29) is 0 Å². The largest absolute Gasteiger partial charge is 0.343 e. The van der Waals surface area contributed by atoms with Crippen LogP contribution < -0.4 is 10.6 Å². The van der Waals surface area contributed by atoms with Crippen molar-refractivity contribution < 1.29 is 0 Å². The highest BCUT2D eigenvalue weighted by Gasteiger charge is 1.82. The molecule has 0 fully saturated rings. The smallest absolute Gasteiger partial charge is 0.0284 e. The molecule has 2 heteroatoms. The molecule has 2 nitrogen and oxygen atoms in total. The van der Waals surface area contributed by atoms with E-state index < -0.39 is 0 Å². The minimum absolute atomic E-state index is 0.386. The van der Waals surface area contributed by atoms with Gasteiger partial charge in [-0.15, -0.1) is 0 Å². The van der Waals surface area contributed by atoms with Crippen molar-refractivity contribution in [3.8, 4) is 23.9 Å². The Morgan fingerprint density at radius 1 is 0.750 bits per heavy atom. The molecule has 0 radical (unpaired) electrons. The van der Waals surface area contributed by atoms with E-state index in [1.807, 2.05) is 27.7 Å². The van der Waals surface area contributed by atoms with Crippen LogP contribution in [0.1, 0.15) is 27.7 Å². The van der Waals surface area contributed by atoms with Crippen LogP contribution >= 0.6 is 0 Å². The molecule has 0 atom stereocenters. The highest BCUT2D eigenvalue weighted by atomic mass is 14.9. The normalized spacial score (nSPS) is 8.17. The molecule has 0 aliphatic rings. The second-order valence-corrected chi connectivity index (χ2v) is 3.10. The third kappa shape index (κ3) is 8.72. The van der Waals surface area contributed by atoms with E-state index in [1.54, 1.807) is 0 Å². The highest BCUT2D eigenvalue weighted by molar-refractivity contribution is 5.24. The zero-order chi connectivity index (χ0) is 9.40. The van der Waals surface area contributed by atoms with Gasteiger partial charge in [0.05, 0.1) is 0 Å². The molecule has 12 heavy (non-hydrogen) atoms. The lowest BCUT2D eigenvalue weighted by atomic mass is 10.4. The van der Waals surface area contributed by atoms with Crippen LogP contribution in [0.2, 0.25) is 0 Å². The first-order valence-electron chi connectivity index (χ1n) is 4.14. The van der Waals surface area contributed by atoms with E-state index in [9.17, 15) is 0 Å². The summed E-state index contributed by atoms with van der Waals surface area (Å²) in [5.74, 6) is 5.37. The van der Waals surface area contributed by atoms with Crippen molar-refractivity contribution in [2.75, 3.05) is 0 Å². The summed E-state index contributed by atoms with van der Waals surface area (Å²) < 4.78 is 0. The van der Waals surface area contributed by atoms with Gasteiger partial charge in [-0.3, -0.25) is 0 Å². The Bertz CT molecular complexity index is 194. The Morgan fingerprint density at radius 3 is 1.33 bits per heavy atom. The summed E-state index contributed by atoms with van der Waals surface area (Å²) in [4.78, 5) is 0. The number of nitrogens with one attached hydrogen (secondary N) is 2. The molecule has 0 aliphatic heterocycles. The lowest BCUT2D eigenvalue weighted by molar-refractivity contribution is 0.720. The third-order valence-corrected chi connectivity index (χ3v) is 0.909. The SMILES string of the molecule is CC(C)NC#CC#CNC(C)C. The van der Waals surface area contributed by atoms with Crippen molar-refractivity contribution in [1.82, 2.24) is 10.6 Å². The van der Waals surface area contributed by atoms with Crippen LogP contribution in [0.5, 0.6) is 0 Å². The molecule has 0 saturated heterocycles. The third-order valence-electron chi connectivity index (χ3n) is 0.909. The van der Waals surface area contributed by atoms with Crippen molar-refractivity contribution in [1.29, 1.82) is 0 Å². The van der Waals surface area contributed by atoms with Gasteiger partial charge in [-0.1, -0.05) is 0 Å². The van der Waals surface area contributed by atoms with E-state index in [0.29, 0.717) is 12.1 Å². The Morgan fingerprint density at radius 2 is 1.08 bits per heavy atom. The van der Waals surface area contributed by atoms with E-state index in [2.05, 4.69) is 34.6 Å². The first-order valence-corrected chi connectivity index (χ1v) is 4.14. The van der Waals surface area contributed by atoms with Gasteiger partial charge in [0.1, 0.15) is 0 Å². The molecule has 66 valence electrons. The zero-order valence-electron chi connectivity index (χ0n) is 8.15. The maximum atomic E-state index is 2.94. The molecular weight excluding hydrogens is 148 g/mol. The first kappa shape index (κ1) is 10.7. The highest BCUT2D eigenvalue weighted by Crippen LogP contribution is 1.71. The first-order chi connectivity index (χ1) is 5.63. The van der Waals surface area contributed by atoms with Crippen LogP contribution in [-0.2, 0) is 0 Å². The molecule has 0 aliphatic carbocycles. The van der Waals surface area contributed by atoms with Crippen molar-refractivity contribution in [2.45, 2.75) is 39.8 Å². The van der Waals surface area contributed by atoms with Crippen molar-refractivity contribution in [3.63, 3.8) is 0 Å². The average molecular weight is 164 g/mol. The Hall–Kier alpha value is -1.28. The molecule has 0 saturated carbocycles. The predicted octanol–water partition coefficient (Wildman–Crippen LogP) is 0.904. The van der Waals surface area contributed by atoms with Gasteiger partial charge in [-0.25, -0.2) is 0 Å². The lowest BCUT2D eigenvalue weighted by Crippen LogP contribution is -2.16. The van der Waals surface area contributed by atoms with Gasteiger partial charge in [-0.2, -0.15) is 0 Å². The van der Waals surface area contributed by atoms with Crippen LogP contribution in [0.4, 0.5) is 0 Å². The molecule has 0 spiro atoms. The van der Waals surface area contributed by atoms with E-state index >= 15 is 0 Å².